The van der Waals surface area contributed by atoms with Crippen molar-refractivity contribution in [2.24, 2.45) is 0 Å². The zero-order valence-electron chi connectivity index (χ0n) is 7.95. The number of nitrogen functional groups attached to an aromatic ring is 1. The van der Waals surface area contributed by atoms with Gasteiger partial charge in [-0.05, 0) is 6.42 Å². The van der Waals surface area contributed by atoms with Gasteiger partial charge in [0.2, 0.25) is 0 Å². The smallest absolute Gasteiger partial charge is 0.129 e. The van der Waals surface area contributed by atoms with Crippen molar-refractivity contribution in [1.82, 2.24) is 15.2 Å². The van der Waals surface area contributed by atoms with Crippen LogP contribution in [0, 0.1) is 0 Å². The molecule has 4 nitrogen and oxygen atoms in total. The van der Waals surface area contributed by atoms with Gasteiger partial charge >= 0.3 is 0 Å². The fourth-order valence-electron chi connectivity index (χ4n) is 1.27. The molecule has 2 rings (SSSR count). The Balaban J connectivity index is 2.29. The lowest BCUT2D eigenvalue weighted by molar-refractivity contribution is 0.894. The van der Waals surface area contributed by atoms with Gasteiger partial charge in [0, 0.05) is 5.38 Å². The van der Waals surface area contributed by atoms with E-state index in [9.17, 15) is 0 Å². The third-order valence-corrected chi connectivity index (χ3v) is 2.88. The van der Waals surface area contributed by atoms with Crippen LogP contribution >= 0.6 is 11.3 Å². The summed E-state index contributed by atoms with van der Waals surface area (Å²) in [6.45, 7) is 2.14. The first-order chi connectivity index (χ1) is 6.81. The molecule has 14 heavy (non-hydrogen) atoms. The van der Waals surface area contributed by atoms with Gasteiger partial charge in [-0.2, -0.15) is 5.10 Å². The number of aromatic nitrogens is 3. The molecule has 0 amide bonds. The molecule has 0 atom stereocenters. The van der Waals surface area contributed by atoms with E-state index in [1.807, 2.05) is 0 Å². The summed E-state index contributed by atoms with van der Waals surface area (Å²) in [6, 6.07) is 0. The number of thiazole rings is 1. The van der Waals surface area contributed by atoms with Gasteiger partial charge in [-0.1, -0.05) is 13.3 Å². The van der Waals surface area contributed by atoms with Crippen molar-refractivity contribution in [3.63, 3.8) is 0 Å². The minimum atomic E-state index is 0.586. The SMILES string of the molecule is CCCc1csc(-c2cn[nH]c2N)n1. The van der Waals surface area contributed by atoms with Gasteiger partial charge in [0.1, 0.15) is 10.8 Å². The molecule has 74 valence electrons. The molecule has 5 heteroatoms. The lowest BCUT2D eigenvalue weighted by Gasteiger charge is -1.91. The van der Waals surface area contributed by atoms with E-state index < -0.39 is 0 Å². The van der Waals surface area contributed by atoms with E-state index in [2.05, 4.69) is 27.5 Å². The van der Waals surface area contributed by atoms with Gasteiger partial charge in [0.15, 0.2) is 0 Å². The summed E-state index contributed by atoms with van der Waals surface area (Å²) >= 11 is 1.61. The van der Waals surface area contributed by atoms with Gasteiger partial charge in [0.25, 0.3) is 0 Å². The summed E-state index contributed by atoms with van der Waals surface area (Å²) in [5.74, 6) is 0.586. The maximum atomic E-state index is 5.70. The van der Waals surface area contributed by atoms with Gasteiger partial charge in [0.05, 0.1) is 17.5 Å². The van der Waals surface area contributed by atoms with E-state index in [0.29, 0.717) is 5.82 Å². The van der Waals surface area contributed by atoms with Crippen LogP contribution in [0.3, 0.4) is 0 Å². The summed E-state index contributed by atoms with van der Waals surface area (Å²) < 4.78 is 0. The fourth-order valence-corrected chi connectivity index (χ4v) is 2.15. The largest absolute Gasteiger partial charge is 0.383 e. The van der Waals surface area contributed by atoms with Crippen molar-refractivity contribution >= 4 is 17.2 Å². The van der Waals surface area contributed by atoms with Crippen molar-refractivity contribution in [3.8, 4) is 10.6 Å². The van der Waals surface area contributed by atoms with E-state index in [0.717, 1.165) is 29.1 Å². The summed E-state index contributed by atoms with van der Waals surface area (Å²) in [7, 11) is 0. The third-order valence-electron chi connectivity index (χ3n) is 1.96. The molecule has 0 saturated carbocycles. The number of aromatic amines is 1. The second kappa shape index (κ2) is 3.79. The molecule has 0 bridgehead atoms. The summed E-state index contributed by atoms with van der Waals surface area (Å²) in [6.07, 6.45) is 3.85. The Morgan fingerprint density at radius 1 is 1.57 bits per heavy atom. The van der Waals surface area contributed by atoms with E-state index in [1.165, 1.54) is 0 Å². The highest BCUT2D eigenvalue weighted by Gasteiger charge is 2.08. The Kier molecular flexibility index (Phi) is 2.49. The van der Waals surface area contributed by atoms with Crippen molar-refractivity contribution in [3.05, 3.63) is 17.3 Å². The molecule has 2 aromatic heterocycles. The van der Waals surface area contributed by atoms with Gasteiger partial charge in [-0.3, -0.25) is 5.10 Å². The highest BCUT2D eigenvalue weighted by Crippen LogP contribution is 2.27. The van der Waals surface area contributed by atoms with Crippen molar-refractivity contribution in [2.45, 2.75) is 19.8 Å². The van der Waals surface area contributed by atoms with Crippen molar-refractivity contribution in [1.29, 1.82) is 0 Å². The molecule has 2 heterocycles. The van der Waals surface area contributed by atoms with Crippen LogP contribution in [0.4, 0.5) is 5.82 Å². The number of nitrogens with one attached hydrogen (secondary N) is 1. The monoisotopic (exact) mass is 208 g/mol. The molecule has 0 radical (unpaired) electrons. The second-order valence-electron chi connectivity index (χ2n) is 3.09. The molecule has 0 saturated heterocycles. The van der Waals surface area contributed by atoms with Crippen LogP contribution < -0.4 is 5.73 Å². The summed E-state index contributed by atoms with van der Waals surface area (Å²) in [4.78, 5) is 4.48. The highest BCUT2D eigenvalue weighted by atomic mass is 32.1. The molecule has 0 fully saturated rings. The summed E-state index contributed by atoms with van der Waals surface area (Å²) in [5.41, 5.74) is 7.74. The Morgan fingerprint density at radius 2 is 2.43 bits per heavy atom. The van der Waals surface area contributed by atoms with Crippen LogP contribution in [0.25, 0.3) is 10.6 Å². The first-order valence-corrected chi connectivity index (χ1v) is 5.43. The first kappa shape index (κ1) is 9.21. The highest BCUT2D eigenvalue weighted by molar-refractivity contribution is 7.13. The van der Waals surface area contributed by atoms with Crippen LogP contribution in [0.5, 0.6) is 0 Å². The quantitative estimate of drug-likeness (QED) is 0.811. The minimum absolute atomic E-state index is 0.586. The normalized spacial score (nSPS) is 10.6. The maximum absolute atomic E-state index is 5.70. The third kappa shape index (κ3) is 1.63. The Hall–Kier alpha value is -1.36. The molecular weight excluding hydrogens is 196 g/mol. The second-order valence-corrected chi connectivity index (χ2v) is 3.95. The van der Waals surface area contributed by atoms with Crippen LogP contribution in [0.2, 0.25) is 0 Å². The van der Waals surface area contributed by atoms with Crippen molar-refractivity contribution < 1.29 is 0 Å². The zero-order valence-corrected chi connectivity index (χ0v) is 8.77. The van der Waals surface area contributed by atoms with Crippen LogP contribution in [-0.4, -0.2) is 15.2 Å². The Labute approximate surface area is 86.2 Å². The van der Waals surface area contributed by atoms with E-state index in [-0.39, 0.29) is 0 Å². The number of rotatable bonds is 3. The molecular formula is C9H12N4S. The lowest BCUT2D eigenvalue weighted by atomic mass is 10.3. The van der Waals surface area contributed by atoms with Crippen LogP contribution in [0.15, 0.2) is 11.6 Å². The minimum Gasteiger partial charge on any atom is -0.383 e. The predicted molar refractivity (Wildman–Crippen MR) is 58.1 cm³/mol. The number of hydrogen-bond donors (Lipinski definition) is 2. The Morgan fingerprint density at radius 3 is 3.07 bits per heavy atom. The number of nitrogens with two attached hydrogens (primary N) is 1. The lowest BCUT2D eigenvalue weighted by Crippen LogP contribution is -1.88. The van der Waals surface area contributed by atoms with E-state index in [4.69, 9.17) is 5.73 Å². The van der Waals surface area contributed by atoms with E-state index >= 15 is 0 Å². The molecule has 0 aliphatic rings. The summed E-state index contributed by atoms with van der Waals surface area (Å²) in [5, 5.41) is 9.59. The van der Waals surface area contributed by atoms with E-state index in [1.54, 1.807) is 17.5 Å². The fraction of sp³-hybridized carbons (Fsp3) is 0.333. The molecule has 0 spiro atoms. The van der Waals surface area contributed by atoms with Gasteiger partial charge in [-0.15, -0.1) is 11.3 Å². The number of nitrogens with zero attached hydrogens (tertiary/aromatic N) is 2. The van der Waals surface area contributed by atoms with Gasteiger partial charge < -0.3 is 5.73 Å². The van der Waals surface area contributed by atoms with Crippen LogP contribution in [0.1, 0.15) is 19.0 Å². The predicted octanol–water partition coefficient (Wildman–Crippen LogP) is 2.07. The Bertz CT molecular complexity index is 418. The topological polar surface area (TPSA) is 67.6 Å². The molecule has 3 N–H and O–H groups in total. The molecule has 0 aliphatic carbocycles. The molecule has 0 aromatic carbocycles. The number of aryl methyl sites for hydroxylation is 1. The van der Waals surface area contributed by atoms with Gasteiger partial charge in [-0.25, -0.2) is 4.98 Å². The average Bonchev–Trinajstić information content (AvgIpc) is 2.74. The molecule has 2 aromatic rings. The number of hydrogen-bond acceptors (Lipinski definition) is 4. The van der Waals surface area contributed by atoms with Crippen molar-refractivity contribution in [2.75, 3.05) is 5.73 Å². The molecule has 0 aliphatic heterocycles. The number of anilines is 1. The average molecular weight is 208 g/mol. The number of H-pyrrole nitrogens is 1. The zero-order chi connectivity index (χ0) is 9.97. The maximum Gasteiger partial charge on any atom is 0.129 e. The standard InChI is InChI=1S/C9H12N4S/c1-2-3-6-5-14-9(12-6)7-4-11-13-8(7)10/h4-5H,2-3H2,1H3,(H3,10,11,13). The first-order valence-electron chi connectivity index (χ1n) is 4.55. The van der Waals surface area contributed by atoms with Crippen LogP contribution in [-0.2, 0) is 6.42 Å². The molecule has 0 unspecified atom stereocenters.